The SMILES string of the molecule is CC(C)c1ccccc1C1CN(CCc2ccccc2)CCN1C1CC2(CCN(c3ccc(C=O)c(Oc4cnc5[nH]ccc5c4)c3)CC2)C1. The topological polar surface area (TPSA) is 64.7 Å². The number of fused-ring (bicyclic) bond motifs is 1. The van der Waals surface area contributed by atoms with Crippen molar-refractivity contribution in [3.63, 3.8) is 0 Å². The molecule has 4 heterocycles. The molecule has 1 aliphatic carbocycles. The molecule has 50 heavy (non-hydrogen) atoms. The predicted molar refractivity (Wildman–Crippen MR) is 201 cm³/mol. The second kappa shape index (κ2) is 14.0. The van der Waals surface area contributed by atoms with Crippen molar-refractivity contribution in [2.45, 2.75) is 64.0 Å². The molecule has 1 saturated carbocycles. The standard InChI is InChI=1S/C43H49N5O2/c1-31(2)38-10-6-7-11-39(38)40-29-46(19-15-32-8-4-3-5-9-32)22-23-48(40)36-26-43(27-36)16-20-47(21-17-43)35-13-12-34(30-49)41(25-35)50-37-24-33-14-18-44-42(33)45-28-37/h3-14,18,24-25,28,30-31,36,40H,15-17,19-23,26-27,29H2,1-2H3,(H,44,45). The number of rotatable bonds is 10. The summed E-state index contributed by atoms with van der Waals surface area (Å²) in [5.41, 5.74) is 7.36. The van der Waals surface area contributed by atoms with Crippen molar-refractivity contribution in [2.75, 3.05) is 44.2 Å². The number of hydrogen-bond acceptors (Lipinski definition) is 6. The van der Waals surface area contributed by atoms with E-state index in [2.05, 4.69) is 99.2 Å². The lowest BCUT2D eigenvalue weighted by molar-refractivity contribution is -0.0615. The Hall–Kier alpha value is -4.46. The Labute approximate surface area is 296 Å². The fourth-order valence-corrected chi connectivity index (χ4v) is 8.87. The molecule has 3 fully saturated rings. The molecule has 5 aromatic rings. The number of piperazine rings is 1. The van der Waals surface area contributed by atoms with Crippen molar-refractivity contribution in [1.29, 1.82) is 0 Å². The highest BCUT2D eigenvalue weighted by Crippen LogP contribution is 2.53. The number of hydrogen-bond donors (Lipinski definition) is 1. The fourth-order valence-electron chi connectivity index (χ4n) is 8.87. The van der Waals surface area contributed by atoms with Crippen LogP contribution in [0, 0.1) is 5.41 Å². The van der Waals surface area contributed by atoms with Gasteiger partial charge in [0.25, 0.3) is 0 Å². The molecule has 8 rings (SSSR count). The molecule has 2 aliphatic heterocycles. The van der Waals surface area contributed by atoms with Crippen LogP contribution in [0.5, 0.6) is 11.5 Å². The number of piperidine rings is 1. The van der Waals surface area contributed by atoms with Gasteiger partial charge in [0.05, 0.1) is 11.8 Å². The summed E-state index contributed by atoms with van der Waals surface area (Å²) >= 11 is 0. The molecule has 3 aromatic carbocycles. The van der Waals surface area contributed by atoms with E-state index in [9.17, 15) is 4.79 Å². The maximum atomic E-state index is 11.9. The summed E-state index contributed by atoms with van der Waals surface area (Å²) in [6, 6.07) is 31.2. The second-order valence-electron chi connectivity index (χ2n) is 15.2. The van der Waals surface area contributed by atoms with Gasteiger partial charge in [0.15, 0.2) is 6.29 Å². The van der Waals surface area contributed by atoms with Crippen LogP contribution in [0.25, 0.3) is 11.0 Å². The van der Waals surface area contributed by atoms with Crippen molar-refractivity contribution in [1.82, 2.24) is 19.8 Å². The summed E-state index contributed by atoms with van der Waals surface area (Å²) in [4.78, 5) is 27.6. The molecule has 1 atom stereocenters. The Morgan fingerprint density at radius 2 is 1.74 bits per heavy atom. The summed E-state index contributed by atoms with van der Waals surface area (Å²) in [5, 5.41) is 0.979. The lowest BCUT2D eigenvalue weighted by Crippen LogP contribution is -2.60. The van der Waals surface area contributed by atoms with Crippen molar-refractivity contribution in [3.05, 3.63) is 120 Å². The lowest BCUT2D eigenvalue weighted by atomic mass is 9.59. The summed E-state index contributed by atoms with van der Waals surface area (Å²) < 4.78 is 6.24. The Bertz CT molecular complexity index is 1920. The van der Waals surface area contributed by atoms with Crippen LogP contribution in [-0.2, 0) is 6.42 Å². The smallest absolute Gasteiger partial charge is 0.153 e. The molecule has 258 valence electrons. The highest BCUT2D eigenvalue weighted by molar-refractivity contribution is 5.81. The number of benzene rings is 3. The molecule has 1 unspecified atom stereocenters. The van der Waals surface area contributed by atoms with E-state index in [1.165, 1.54) is 42.4 Å². The molecule has 7 nitrogen and oxygen atoms in total. The highest BCUT2D eigenvalue weighted by atomic mass is 16.5. The Morgan fingerprint density at radius 3 is 2.54 bits per heavy atom. The maximum Gasteiger partial charge on any atom is 0.153 e. The van der Waals surface area contributed by atoms with Crippen molar-refractivity contribution >= 4 is 23.0 Å². The molecule has 0 bridgehead atoms. The quantitative estimate of drug-likeness (QED) is 0.151. The minimum atomic E-state index is 0.424. The monoisotopic (exact) mass is 667 g/mol. The summed E-state index contributed by atoms with van der Waals surface area (Å²) in [6.07, 6.45) is 10.5. The third-order valence-corrected chi connectivity index (χ3v) is 11.8. The molecule has 7 heteroatoms. The molecular weight excluding hydrogens is 619 g/mol. The van der Waals surface area contributed by atoms with Gasteiger partial charge in [-0.2, -0.15) is 0 Å². The summed E-state index contributed by atoms with van der Waals surface area (Å²) in [5.74, 6) is 1.71. The van der Waals surface area contributed by atoms with Crippen LogP contribution in [0.4, 0.5) is 5.69 Å². The zero-order chi connectivity index (χ0) is 34.1. The first-order valence-corrected chi connectivity index (χ1v) is 18.5. The van der Waals surface area contributed by atoms with Gasteiger partial charge in [-0.25, -0.2) is 4.98 Å². The number of aldehydes is 1. The molecule has 2 aromatic heterocycles. The van der Waals surface area contributed by atoms with E-state index >= 15 is 0 Å². The zero-order valence-corrected chi connectivity index (χ0v) is 29.4. The number of H-pyrrole nitrogens is 1. The number of aromatic nitrogens is 2. The number of nitrogens with zero attached hydrogens (tertiary/aromatic N) is 4. The third-order valence-electron chi connectivity index (χ3n) is 11.8. The first kappa shape index (κ1) is 32.7. The summed E-state index contributed by atoms with van der Waals surface area (Å²) in [6.45, 7) is 11.2. The van der Waals surface area contributed by atoms with Gasteiger partial charge in [0, 0.05) is 74.7 Å². The number of nitrogens with one attached hydrogen (secondary N) is 1. The Morgan fingerprint density at radius 1 is 0.940 bits per heavy atom. The van der Waals surface area contributed by atoms with Crippen LogP contribution in [0.15, 0.2) is 97.3 Å². The van der Waals surface area contributed by atoms with Gasteiger partial charge in [-0.1, -0.05) is 68.4 Å². The predicted octanol–water partition coefficient (Wildman–Crippen LogP) is 8.64. The molecule has 0 amide bonds. The number of ether oxygens (including phenoxy) is 1. The normalized spacial score (nSPS) is 20.0. The first-order chi connectivity index (χ1) is 24.5. The number of pyridine rings is 1. The largest absolute Gasteiger partial charge is 0.455 e. The van der Waals surface area contributed by atoms with E-state index in [1.807, 2.05) is 30.5 Å². The summed E-state index contributed by atoms with van der Waals surface area (Å²) in [7, 11) is 0. The molecular formula is C43H49N5O2. The van der Waals surface area contributed by atoms with Gasteiger partial charge >= 0.3 is 0 Å². The average molecular weight is 668 g/mol. The van der Waals surface area contributed by atoms with Crippen LogP contribution < -0.4 is 9.64 Å². The van der Waals surface area contributed by atoms with E-state index in [0.29, 0.717) is 40.5 Å². The Kier molecular flexibility index (Phi) is 9.19. The highest BCUT2D eigenvalue weighted by Gasteiger charge is 2.50. The van der Waals surface area contributed by atoms with Crippen LogP contribution in [0.2, 0.25) is 0 Å². The zero-order valence-electron chi connectivity index (χ0n) is 29.4. The van der Waals surface area contributed by atoms with Gasteiger partial charge in [-0.15, -0.1) is 0 Å². The van der Waals surface area contributed by atoms with Gasteiger partial charge in [0.1, 0.15) is 17.1 Å². The van der Waals surface area contributed by atoms with Gasteiger partial charge < -0.3 is 14.6 Å². The molecule has 1 spiro atoms. The molecule has 2 saturated heterocycles. The number of aromatic amines is 1. The van der Waals surface area contributed by atoms with Crippen molar-refractivity contribution < 1.29 is 9.53 Å². The van der Waals surface area contributed by atoms with Gasteiger partial charge in [0.2, 0.25) is 0 Å². The van der Waals surface area contributed by atoms with Crippen LogP contribution in [0.3, 0.4) is 0 Å². The number of anilines is 1. The molecule has 1 N–H and O–H groups in total. The minimum absolute atomic E-state index is 0.424. The Balaban J connectivity index is 0.929. The van der Waals surface area contributed by atoms with E-state index in [1.54, 1.807) is 6.20 Å². The van der Waals surface area contributed by atoms with E-state index in [-0.39, 0.29) is 0 Å². The van der Waals surface area contributed by atoms with Crippen molar-refractivity contribution in [3.8, 4) is 11.5 Å². The first-order valence-electron chi connectivity index (χ1n) is 18.5. The van der Waals surface area contributed by atoms with E-state index < -0.39 is 0 Å². The van der Waals surface area contributed by atoms with E-state index in [0.717, 1.165) is 68.7 Å². The van der Waals surface area contributed by atoms with Gasteiger partial charge in [-0.05, 0) is 84.4 Å². The number of carbonyl (C=O) groups excluding carboxylic acids is 1. The van der Waals surface area contributed by atoms with Gasteiger partial charge in [-0.3, -0.25) is 14.6 Å². The molecule has 3 aliphatic rings. The van der Waals surface area contributed by atoms with Crippen LogP contribution in [-0.4, -0.2) is 71.4 Å². The van der Waals surface area contributed by atoms with Crippen molar-refractivity contribution in [2.24, 2.45) is 5.41 Å². The second-order valence-corrected chi connectivity index (χ2v) is 15.2. The average Bonchev–Trinajstić information content (AvgIpc) is 3.62. The lowest BCUT2D eigenvalue weighted by Gasteiger charge is -2.58. The van der Waals surface area contributed by atoms with Crippen LogP contribution >= 0.6 is 0 Å². The van der Waals surface area contributed by atoms with E-state index in [4.69, 9.17) is 4.74 Å². The molecule has 0 radical (unpaired) electrons. The third kappa shape index (κ3) is 6.69. The fraction of sp³-hybridized carbons (Fsp3) is 0.395. The maximum absolute atomic E-state index is 11.9. The minimum Gasteiger partial charge on any atom is -0.455 e. The van der Waals surface area contributed by atoms with Crippen LogP contribution in [0.1, 0.15) is 78.5 Å². The number of carbonyl (C=O) groups is 1.